The lowest BCUT2D eigenvalue weighted by Crippen LogP contribution is -1.98. The van der Waals surface area contributed by atoms with Crippen molar-refractivity contribution in [2.45, 2.75) is 0 Å². The minimum atomic E-state index is -0.653. The molecule has 0 saturated heterocycles. The lowest BCUT2D eigenvalue weighted by atomic mass is 10.2. The Kier molecular flexibility index (Phi) is 3.66. The van der Waals surface area contributed by atoms with Gasteiger partial charge in [-0.05, 0) is 24.3 Å². The number of nitrogens with one attached hydrogen (secondary N) is 1. The molecule has 0 spiro atoms. The Labute approximate surface area is 113 Å². The second-order valence-electron chi connectivity index (χ2n) is 3.39. The van der Waals surface area contributed by atoms with E-state index in [0.717, 1.165) is 0 Å². The van der Waals surface area contributed by atoms with Crippen molar-refractivity contribution in [3.63, 3.8) is 0 Å². The molecule has 90 valence electrons. The number of pyridine rings is 1. The Hall–Kier alpha value is -1.83. The van der Waals surface area contributed by atoms with Crippen LogP contribution in [-0.4, -0.2) is 4.98 Å². The zero-order valence-corrected chi connectivity index (χ0v) is 10.4. The normalized spacial score (nSPS) is 9.89. The molecule has 0 amide bonds. The molecule has 2 rings (SSSR count). The summed E-state index contributed by atoms with van der Waals surface area (Å²) in [4.78, 5) is 3.82. The number of anilines is 2. The molecule has 1 N–H and O–H groups in total. The van der Waals surface area contributed by atoms with Gasteiger partial charge in [-0.25, -0.2) is 9.37 Å². The van der Waals surface area contributed by atoms with E-state index in [1.165, 1.54) is 18.3 Å². The van der Waals surface area contributed by atoms with Crippen LogP contribution in [-0.2, 0) is 0 Å². The quantitative estimate of drug-likeness (QED) is 0.900. The van der Waals surface area contributed by atoms with Gasteiger partial charge in [-0.1, -0.05) is 23.2 Å². The Morgan fingerprint density at radius 3 is 2.67 bits per heavy atom. The van der Waals surface area contributed by atoms with Crippen molar-refractivity contribution in [3.05, 3.63) is 51.9 Å². The van der Waals surface area contributed by atoms with Gasteiger partial charge in [0.15, 0.2) is 11.6 Å². The summed E-state index contributed by atoms with van der Waals surface area (Å²) in [6.07, 6.45) is 1.38. The minimum absolute atomic E-state index is 0.0193. The fourth-order valence-corrected chi connectivity index (χ4v) is 1.69. The summed E-state index contributed by atoms with van der Waals surface area (Å²) in [6.45, 7) is 0. The second-order valence-corrected chi connectivity index (χ2v) is 4.20. The molecule has 1 aromatic carbocycles. The molecule has 1 heterocycles. The lowest BCUT2D eigenvalue weighted by molar-refractivity contribution is 0.627. The van der Waals surface area contributed by atoms with Gasteiger partial charge in [0.2, 0.25) is 0 Å². The van der Waals surface area contributed by atoms with Crippen LogP contribution in [0.2, 0.25) is 10.0 Å². The maximum atomic E-state index is 13.6. The van der Waals surface area contributed by atoms with Crippen LogP contribution in [0.15, 0.2) is 30.5 Å². The first-order valence-corrected chi connectivity index (χ1v) is 5.64. The average molecular weight is 282 g/mol. The zero-order valence-electron chi connectivity index (χ0n) is 8.92. The van der Waals surface area contributed by atoms with E-state index >= 15 is 0 Å². The fourth-order valence-electron chi connectivity index (χ4n) is 1.32. The van der Waals surface area contributed by atoms with E-state index in [4.69, 9.17) is 28.5 Å². The molecule has 2 aromatic rings. The van der Waals surface area contributed by atoms with Gasteiger partial charge in [0.1, 0.15) is 0 Å². The van der Waals surface area contributed by atoms with Crippen LogP contribution in [0.5, 0.6) is 0 Å². The van der Waals surface area contributed by atoms with E-state index in [0.29, 0.717) is 16.3 Å². The van der Waals surface area contributed by atoms with E-state index in [-0.39, 0.29) is 10.8 Å². The molecule has 0 aliphatic carbocycles. The number of aromatic nitrogens is 1. The Bertz CT molecular complexity index is 638. The highest BCUT2D eigenvalue weighted by Gasteiger charge is 2.10. The molecule has 0 radical (unpaired) electrons. The summed E-state index contributed by atoms with van der Waals surface area (Å²) in [5.41, 5.74) is 0.870. The third-order valence-electron chi connectivity index (χ3n) is 2.19. The van der Waals surface area contributed by atoms with Crippen LogP contribution in [0.3, 0.4) is 0 Å². The van der Waals surface area contributed by atoms with Gasteiger partial charge in [0.25, 0.3) is 0 Å². The van der Waals surface area contributed by atoms with Crippen molar-refractivity contribution < 1.29 is 4.39 Å². The van der Waals surface area contributed by atoms with Crippen molar-refractivity contribution in [3.8, 4) is 6.07 Å². The van der Waals surface area contributed by atoms with E-state index in [2.05, 4.69) is 10.3 Å². The predicted octanol–water partition coefficient (Wildman–Crippen LogP) is 4.14. The smallest absolute Gasteiger partial charge is 0.184 e. The van der Waals surface area contributed by atoms with Gasteiger partial charge in [-0.15, -0.1) is 0 Å². The summed E-state index contributed by atoms with van der Waals surface area (Å²) in [7, 11) is 0. The van der Waals surface area contributed by atoms with Crippen LogP contribution in [0, 0.1) is 17.1 Å². The molecule has 3 nitrogen and oxygen atoms in total. The highest BCUT2D eigenvalue weighted by atomic mass is 35.5. The first-order chi connectivity index (χ1) is 8.61. The van der Waals surface area contributed by atoms with Crippen LogP contribution in [0.25, 0.3) is 0 Å². The first kappa shape index (κ1) is 12.6. The van der Waals surface area contributed by atoms with Crippen LogP contribution >= 0.6 is 23.2 Å². The fraction of sp³-hybridized carbons (Fsp3) is 0. The second kappa shape index (κ2) is 5.21. The van der Waals surface area contributed by atoms with E-state index in [9.17, 15) is 4.39 Å². The minimum Gasteiger partial charge on any atom is -0.337 e. The van der Waals surface area contributed by atoms with Gasteiger partial charge < -0.3 is 5.32 Å². The largest absolute Gasteiger partial charge is 0.337 e. The molecule has 0 aliphatic rings. The van der Waals surface area contributed by atoms with E-state index in [1.807, 2.05) is 6.07 Å². The topological polar surface area (TPSA) is 48.7 Å². The number of nitrogens with zero attached hydrogens (tertiary/aromatic N) is 2. The summed E-state index contributed by atoms with van der Waals surface area (Å²) >= 11 is 11.6. The average Bonchev–Trinajstić information content (AvgIpc) is 2.37. The number of hydrogen-bond acceptors (Lipinski definition) is 3. The van der Waals surface area contributed by atoms with Gasteiger partial charge in [-0.3, -0.25) is 0 Å². The van der Waals surface area contributed by atoms with Gasteiger partial charge in [0.05, 0.1) is 27.4 Å². The van der Waals surface area contributed by atoms with Gasteiger partial charge >= 0.3 is 0 Å². The molecule has 0 bridgehead atoms. The summed E-state index contributed by atoms with van der Waals surface area (Å²) in [5, 5.41) is 11.7. The van der Waals surface area contributed by atoms with Crippen molar-refractivity contribution in [1.29, 1.82) is 5.26 Å². The van der Waals surface area contributed by atoms with Gasteiger partial charge in [-0.2, -0.15) is 5.26 Å². The molecule has 0 fully saturated rings. The number of benzene rings is 1. The molecule has 0 atom stereocenters. The highest BCUT2D eigenvalue weighted by Crippen LogP contribution is 2.28. The maximum Gasteiger partial charge on any atom is 0.184 e. The highest BCUT2D eigenvalue weighted by molar-refractivity contribution is 6.33. The Morgan fingerprint density at radius 1 is 1.22 bits per heavy atom. The maximum absolute atomic E-state index is 13.6. The molecule has 0 unspecified atom stereocenters. The molecule has 1 aromatic heterocycles. The number of rotatable bonds is 2. The lowest BCUT2D eigenvalue weighted by Gasteiger charge is -2.08. The van der Waals surface area contributed by atoms with Gasteiger partial charge in [0, 0.05) is 6.20 Å². The SMILES string of the molecule is N#Cc1ccc(Nc2nccc(Cl)c2F)c(Cl)c1. The number of hydrogen-bond donors (Lipinski definition) is 1. The number of halogens is 3. The van der Waals surface area contributed by atoms with Crippen molar-refractivity contribution in [2.24, 2.45) is 0 Å². The number of nitriles is 1. The van der Waals surface area contributed by atoms with E-state index in [1.54, 1.807) is 12.1 Å². The molecular formula is C12H6Cl2FN3. The molecule has 0 aliphatic heterocycles. The third-order valence-corrected chi connectivity index (χ3v) is 2.80. The summed E-state index contributed by atoms with van der Waals surface area (Å²) in [5.74, 6) is -0.672. The summed E-state index contributed by atoms with van der Waals surface area (Å²) in [6, 6.07) is 7.92. The molecule has 6 heteroatoms. The first-order valence-electron chi connectivity index (χ1n) is 4.88. The van der Waals surface area contributed by atoms with Crippen molar-refractivity contribution >= 4 is 34.7 Å². The standard InChI is InChI=1S/C12H6Cl2FN3/c13-8-3-4-17-12(11(8)15)18-10-2-1-7(6-16)5-9(10)14/h1-5H,(H,17,18). The zero-order chi connectivity index (χ0) is 13.1. The summed E-state index contributed by atoms with van der Waals surface area (Å²) < 4.78 is 13.6. The Morgan fingerprint density at radius 2 is 2.00 bits per heavy atom. The predicted molar refractivity (Wildman–Crippen MR) is 68.7 cm³/mol. The van der Waals surface area contributed by atoms with Crippen LogP contribution in [0.1, 0.15) is 5.56 Å². The Balaban J connectivity index is 2.35. The van der Waals surface area contributed by atoms with Crippen LogP contribution < -0.4 is 5.32 Å². The van der Waals surface area contributed by atoms with Crippen LogP contribution in [0.4, 0.5) is 15.9 Å². The molecule has 0 saturated carbocycles. The monoisotopic (exact) mass is 281 g/mol. The molecule has 18 heavy (non-hydrogen) atoms. The third kappa shape index (κ3) is 2.53. The van der Waals surface area contributed by atoms with E-state index < -0.39 is 5.82 Å². The molecular weight excluding hydrogens is 276 g/mol. The van der Waals surface area contributed by atoms with Crippen molar-refractivity contribution in [1.82, 2.24) is 4.98 Å². The van der Waals surface area contributed by atoms with Crippen molar-refractivity contribution in [2.75, 3.05) is 5.32 Å².